The second-order valence-electron chi connectivity index (χ2n) is 6.05. The minimum Gasteiger partial charge on any atom is -0.484 e. The van der Waals surface area contributed by atoms with Crippen molar-refractivity contribution < 1.29 is 17.9 Å². The van der Waals surface area contributed by atoms with Gasteiger partial charge in [-0.05, 0) is 42.0 Å². The molecule has 0 saturated carbocycles. The van der Waals surface area contributed by atoms with Crippen molar-refractivity contribution in [1.29, 1.82) is 0 Å². The van der Waals surface area contributed by atoms with Gasteiger partial charge in [-0.25, -0.2) is 8.42 Å². The Hall–Kier alpha value is -1.90. The van der Waals surface area contributed by atoms with Gasteiger partial charge in [0, 0.05) is 30.1 Å². The van der Waals surface area contributed by atoms with E-state index >= 15 is 0 Å². The maximum Gasteiger partial charge on any atom is 0.257 e. The lowest BCUT2D eigenvalue weighted by atomic mass is 10.2. The largest absolute Gasteiger partial charge is 0.484 e. The Morgan fingerprint density at radius 3 is 2.57 bits per heavy atom. The highest BCUT2D eigenvalue weighted by molar-refractivity contribution is 7.98. The van der Waals surface area contributed by atoms with E-state index in [4.69, 9.17) is 16.3 Å². The molecule has 1 amide bonds. The summed E-state index contributed by atoms with van der Waals surface area (Å²) in [5, 5.41) is 3.52. The van der Waals surface area contributed by atoms with E-state index in [1.165, 1.54) is 11.4 Å². The van der Waals surface area contributed by atoms with E-state index in [2.05, 4.69) is 5.32 Å². The first-order valence-electron chi connectivity index (χ1n) is 8.51. The minimum absolute atomic E-state index is 0.0970. The Morgan fingerprint density at radius 1 is 1.21 bits per heavy atom. The SMILES string of the molecule is CN(c1ccc(OCC(=O)NCCSCc2cccc(Cl)c2)cc1)S(C)(=O)=O. The van der Waals surface area contributed by atoms with Crippen LogP contribution >= 0.6 is 23.4 Å². The highest BCUT2D eigenvalue weighted by Gasteiger charge is 2.11. The van der Waals surface area contributed by atoms with Gasteiger partial charge in [0.25, 0.3) is 5.91 Å². The third-order valence-corrected chi connectivity index (χ3v) is 6.27. The molecule has 0 spiro atoms. The number of sulfonamides is 1. The number of rotatable bonds is 10. The monoisotopic (exact) mass is 442 g/mol. The zero-order chi connectivity index (χ0) is 20.6. The summed E-state index contributed by atoms with van der Waals surface area (Å²) in [6.45, 7) is 0.450. The lowest BCUT2D eigenvalue weighted by Crippen LogP contribution is -2.30. The van der Waals surface area contributed by atoms with Crippen LogP contribution in [0.1, 0.15) is 5.56 Å². The highest BCUT2D eigenvalue weighted by atomic mass is 35.5. The third kappa shape index (κ3) is 7.61. The van der Waals surface area contributed by atoms with Gasteiger partial charge < -0.3 is 10.1 Å². The van der Waals surface area contributed by atoms with Crippen LogP contribution in [0.15, 0.2) is 48.5 Å². The Labute approximate surface area is 175 Å². The Morgan fingerprint density at radius 2 is 1.93 bits per heavy atom. The van der Waals surface area contributed by atoms with Gasteiger partial charge in [-0.3, -0.25) is 9.10 Å². The Balaban J connectivity index is 1.65. The number of benzene rings is 2. The molecule has 0 fully saturated rings. The maximum absolute atomic E-state index is 11.9. The first kappa shape index (κ1) is 22.4. The molecule has 0 aliphatic heterocycles. The molecule has 0 atom stereocenters. The van der Waals surface area contributed by atoms with E-state index in [0.29, 0.717) is 18.0 Å². The van der Waals surface area contributed by atoms with Gasteiger partial charge >= 0.3 is 0 Å². The lowest BCUT2D eigenvalue weighted by molar-refractivity contribution is -0.122. The molecule has 0 aliphatic rings. The van der Waals surface area contributed by atoms with Gasteiger partial charge in [0.1, 0.15) is 5.75 Å². The molecule has 2 aromatic carbocycles. The average molecular weight is 443 g/mol. The van der Waals surface area contributed by atoms with E-state index in [1.54, 1.807) is 36.0 Å². The first-order valence-corrected chi connectivity index (χ1v) is 11.9. The summed E-state index contributed by atoms with van der Waals surface area (Å²) in [6.07, 6.45) is 1.13. The lowest BCUT2D eigenvalue weighted by Gasteiger charge is -2.16. The summed E-state index contributed by atoms with van der Waals surface area (Å²) in [6, 6.07) is 14.2. The zero-order valence-corrected chi connectivity index (χ0v) is 18.1. The van der Waals surface area contributed by atoms with Crippen LogP contribution in [0.3, 0.4) is 0 Å². The van der Waals surface area contributed by atoms with Crippen LogP contribution in [0, 0.1) is 0 Å². The molecule has 0 saturated heterocycles. The number of carbonyl (C=O) groups is 1. The number of halogens is 1. The predicted octanol–water partition coefficient (Wildman–Crippen LogP) is 3.16. The van der Waals surface area contributed by atoms with Crippen LogP contribution in [0.5, 0.6) is 5.75 Å². The number of nitrogens with one attached hydrogen (secondary N) is 1. The summed E-state index contributed by atoms with van der Waals surface area (Å²) in [5.74, 6) is 1.91. The normalized spacial score (nSPS) is 11.1. The standard InChI is InChI=1S/C19H23ClN2O4S2/c1-22(28(2,24)25)17-6-8-18(9-7-17)26-13-19(23)21-10-11-27-14-15-4-3-5-16(20)12-15/h3-9,12H,10-11,13-14H2,1-2H3,(H,21,23). The number of nitrogens with zero attached hydrogens (tertiary/aromatic N) is 1. The van der Waals surface area contributed by atoms with Crippen molar-refractivity contribution >= 4 is 45.0 Å². The van der Waals surface area contributed by atoms with Crippen LogP contribution in [0.25, 0.3) is 0 Å². The zero-order valence-electron chi connectivity index (χ0n) is 15.7. The van der Waals surface area contributed by atoms with E-state index in [9.17, 15) is 13.2 Å². The molecule has 0 aromatic heterocycles. The van der Waals surface area contributed by atoms with Crippen LogP contribution in [0.4, 0.5) is 5.69 Å². The van der Waals surface area contributed by atoms with E-state index in [0.717, 1.165) is 28.3 Å². The van der Waals surface area contributed by atoms with Crippen molar-refractivity contribution in [3.05, 3.63) is 59.1 Å². The molecule has 2 rings (SSSR count). The predicted molar refractivity (Wildman–Crippen MR) is 116 cm³/mol. The molecule has 0 heterocycles. The van der Waals surface area contributed by atoms with E-state index < -0.39 is 10.0 Å². The molecule has 28 heavy (non-hydrogen) atoms. The van der Waals surface area contributed by atoms with Crippen LogP contribution in [0.2, 0.25) is 5.02 Å². The summed E-state index contributed by atoms with van der Waals surface area (Å²) in [5.41, 5.74) is 1.67. The van der Waals surface area contributed by atoms with Crippen LogP contribution < -0.4 is 14.4 Å². The van der Waals surface area contributed by atoms with E-state index in [-0.39, 0.29) is 12.5 Å². The van der Waals surface area contributed by atoms with Gasteiger partial charge in [0.05, 0.1) is 11.9 Å². The second-order valence-corrected chi connectivity index (χ2v) is 9.60. The van der Waals surface area contributed by atoms with E-state index in [1.807, 2.05) is 24.3 Å². The van der Waals surface area contributed by atoms with Crippen molar-refractivity contribution in [1.82, 2.24) is 5.32 Å². The number of hydrogen-bond acceptors (Lipinski definition) is 5. The number of thioether (sulfide) groups is 1. The second kappa shape index (κ2) is 10.6. The van der Waals surface area contributed by atoms with Crippen LogP contribution in [-0.4, -0.2) is 46.5 Å². The molecule has 1 N–H and O–H groups in total. The van der Waals surface area contributed by atoms with Gasteiger partial charge in [-0.1, -0.05) is 23.7 Å². The summed E-state index contributed by atoms with van der Waals surface area (Å²) < 4.78 is 29.6. The molecule has 0 radical (unpaired) electrons. The third-order valence-electron chi connectivity index (χ3n) is 3.79. The highest BCUT2D eigenvalue weighted by Crippen LogP contribution is 2.20. The molecule has 152 valence electrons. The van der Waals surface area contributed by atoms with Crippen molar-refractivity contribution in [3.63, 3.8) is 0 Å². The van der Waals surface area contributed by atoms with Crippen molar-refractivity contribution in [2.24, 2.45) is 0 Å². The quantitative estimate of drug-likeness (QED) is 0.572. The average Bonchev–Trinajstić information content (AvgIpc) is 2.65. The van der Waals surface area contributed by atoms with Gasteiger partial charge in [0.2, 0.25) is 10.0 Å². The molecule has 0 unspecified atom stereocenters. The van der Waals surface area contributed by atoms with Crippen molar-refractivity contribution in [2.75, 3.05) is 36.5 Å². The maximum atomic E-state index is 11.9. The molecule has 6 nitrogen and oxygen atoms in total. The minimum atomic E-state index is -3.31. The van der Waals surface area contributed by atoms with Crippen molar-refractivity contribution in [2.45, 2.75) is 5.75 Å². The number of amides is 1. The van der Waals surface area contributed by atoms with Crippen LogP contribution in [-0.2, 0) is 20.6 Å². The fourth-order valence-corrected chi connectivity index (χ4v) is 3.75. The fourth-order valence-electron chi connectivity index (χ4n) is 2.22. The number of hydrogen-bond donors (Lipinski definition) is 1. The Bertz CT molecular complexity index is 889. The fraction of sp³-hybridized carbons (Fsp3) is 0.316. The van der Waals surface area contributed by atoms with Crippen molar-refractivity contribution in [3.8, 4) is 5.75 Å². The molecular formula is C19H23ClN2O4S2. The van der Waals surface area contributed by atoms with Gasteiger partial charge in [-0.15, -0.1) is 0 Å². The summed E-state index contributed by atoms with van der Waals surface area (Å²) in [7, 11) is -1.83. The molecule has 9 heteroatoms. The first-order chi connectivity index (χ1) is 13.3. The molecule has 0 bridgehead atoms. The van der Waals surface area contributed by atoms with Gasteiger partial charge in [-0.2, -0.15) is 11.8 Å². The topological polar surface area (TPSA) is 75.7 Å². The number of ether oxygens (including phenoxy) is 1. The smallest absolute Gasteiger partial charge is 0.257 e. The summed E-state index contributed by atoms with van der Waals surface area (Å²) in [4.78, 5) is 11.9. The molecule has 0 aliphatic carbocycles. The molecular weight excluding hydrogens is 420 g/mol. The molecule has 2 aromatic rings. The van der Waals surface area contributed by atoms with Gasteiger partial charge in [0.15, 0.2) is 6.61 Å². The summed E-state index contributed by atoms with van der Waals surface area (Å²) >= 11 is 7.66. The Kier molecular flexibility index (Phi) is 8.47. The number of anilines is 1. The number of carbonyl (C=O) groups excluding carboxylic acids is 1.